The van der Waals surface area contributed by atoms with Crippen molar-refractivity contribution in [1.29, 1.82) is 0 Å². The third-order valence-electron chi connectivity index (χ3n) is 4.25. The monoisotopic (exact) mass is 405 g/mol. The third kappa shape index (κ3) is 4.12. The zero-order valence-corrected chi connectivity index (χ0v) is 16.8. The molecule has 0 aliphatic carbocycles. The lowest BCUT2D eigenvalue weighted by Crippen LogP contribution is -2.06. The van der Waals surface area contributed by atoms with Gasteiger partial charge in [-0.15, -0.1) is 0 Å². The van der Waals surface area contributed by atoms with E-state index in [2.05, 4.69) is 4.98 Å². The summed E-state index contributed by atoms with van der Waals surface area (Å²) in [5, 5.41) is 11.9. The Balaban J connectivity index is 1.75. The van der Waals surface area contributed by atoms with Crippen molar-refractivity contribution in [2.45, 2.75) is 25.2 Å². The number of carboxylic acid groups (broad SMARTS) is 1. The van der Waals surface area contributed by atoms with Crippen molar-refractivity contribution in [1.82, 2.24) is 4.98 Å². The topological polar surface area (TPSA) is 72.6 Å². The van der Waals surface area contributed by atoms with Crippen LogP contribution >= 0.6 is 11.8 Å². The van der Waals surface area contributed by atoms with E-state index in [4.69, 9.17) is 9.15 Å². The van der Waals surface area contributed by atoms with Gasteiger partial charge in [-0.05, 0) is 60.8 Å². The Hall–Kier alpha value is -3.25. The summed E-state index contributed by atoms with van der Waals surface area (Å²) in [6, 6.07) is 18.9. The molecule has 0 bridgehead atoms. The van der Waals surface area contributed by atoms with Crippen molar-refractivity contribution in [3.05, 3.63) is 71.1 Å². The van der Waals surface area contributed by atoms with E-state index in [1.807, 2.05) is 68.4 Å². The minimum atomic E-state index is -1.04. The second-order valence-corrected chi connectivity index (χ2v) is 7.72. The van der Waals surface area contributed by atoms with Gasteiger partial charge in [0.1, 0.15) is 16.2 Å². The number of nitrogens with zero attached hydrogens (tertiary/aromatic N) is 1. The van der Waals surface area contributed by atoms with Crippen LogP contribution in [0.2, 0.25) is 0 Å². The number of carbonyl (C=O) groups is 1. The molecule has 1 heterocycles. The summed E-state index contributed by atoms with van der Waals surface area (Å²) in [5.74, 6) is -0.264. The molecule has 5 nitrogen and oxygen atoms in total. The summed E-state index contributed by atoms with van der Waals surface area (Å²) in [5.41, 5.74) is 2.11. The van der Waals surface area contributed by atoms with Gasteiger partial charge in [-0.3, -0.25) is 0 Å². The van der Waals surface area contributed by atoms with Crippen LogP contribution in [0, 0.1) is 0 Å². The minimum Gasteiger partial charge on any atom is -0.490 e. The Bertz CT molecular complexity index is 1190. The van der Waals surface area contributed by atoms with E-state index in [-0.39, 0.29) is 11.0 Å². The first-order chi connectivity index (χ1) is 14.0. The van der Waals surface area contributed by atoms with Gasteiger partial charge in [-0.2, -0.15) is 0 Å². The molecule has 0 saturated carbocycles. The van der Waals surface area contributed by atoms with Crippen molar-refractivity contribution in [2.24, 2.45) is 0 Å². The Kier molecular flexibility index (Phi) is 5.27. The van der Waals surface area contributed by atoms with E-state index in [0.29, 0.717) is 16.3 Å². The van der Waals surface area contributed by atoms with E-state index >= 15 is 0 Å². The maximum Gasteiger partial charge on any atom is 0.342 e. The number of rotatable bonds is 6. The molecule has 29 heavy (non-hydrogen) atoms. The van der Waals surface area contributed by atoms with Crippen molar-refractivity contribution in [3.8, 4) is 5.75 Å². The van der Waals surface area contributed by atoms with Crippen molar-refractivity contribution >= 4 is 45.7 Å². The summed E-state index contributed by atoms with van der Waals surface area (Å²) in [4.78, 5) is 16.4. The van der Waals surface area contributed by atoms with Crippen LogP contribution < -0.4 is 4.74 Å². The fourth-order valence-electron chi connectivity index (χ4n) is 3.04. The number of para-hydroxylation sites is 2. The lowest BCUT2D eigenvalue weighted by molar-refractivity contribution is -0.131. The standard InChI is InChI=1S/C23H19NO4S/c1-14(2)27-19-12-11-15(16-7-3-4-8-17(16)19)13-21(22(25)26)29-23-24-18-9-5-6-10-20(18)28-23/h3-14H,1-2H3,(H,25,26)/b21-13-. The first-order valence-electron chi connectivity index (χ1n) is 9.18. The van der Waals surface area contributed by atoms with E-state index in [1.54, 1.807) is 12.1 Å². The van der Waals surface area contributed by atoms with Crippen LogP contribution in [0.4, 0.5) is 0 Å². The Morgan fingerprint density at radius 2 is 1.79 bits per heavy atom. The molecular formula is C23H19NO4S. The smallest absolute Gasteiger partial charge is 0.342 e. The fraction of sp³-hybridized carbons (Fsp3) is 0.130. The lowest BCUT2D eigenvalue weighted by atomic mass is 10.0. The summed E-state index contributed by atoms with van der Waals surface area (Å²) in [6.45, 7) is 3.95. The molecule has 146 valence electrons. The highest BCUT2D eigenvalue weighted by atomic mass is 32.2. The first-order valence-corrected chi connectivity index (χ1v) is 10.00. The number of aliphatic carboxylic acids is 1. The Morgan fingerprint density at radius 1 is 1.07 bits per heavy atom. The average Bonchev–Trinajstić information content (AvgIpc) is 3.11. The molecule has 1 N–H and O–H groups in total. The van der Waals surface area contributed by atoms with Gasteiger partial charge in [0.05, 0.1) is 6.10 Å². The van der Waals surface area contributed by atoms with Crippen LogP contribution in [0.15, 0.2) is 75.2 Å². The van der Waals surface area contributed by atoms with Crippen LogP contribution in [-0.4, -0.2) is 22.2 Å². The fourth-order valence-corrected chi connectivity index (χ4v) is 3.78. The Morgan fingerprint density at radius 3 is 2.52 bits per heavy atom. The maximum absolute atomic E-state index is 11.9. The maximum atomic E-state index is 11.9. The third-order valence-corrected chi connectivity index (χ3v) is 5.11. The molecule has 0 aliphatic heterocycles. The number of carboxylic acids is 1. The van der Waals surface area contributed by atoms with Gasteiger partial charge in [-0.25, -0.2) is 9.78 Å². The molecular weight excluding hydrogens is 386 g/mol. The van der Waals surface area contributed by atoms with Crippen LogP contribution in [-0.2, 0) is 4.79 Å². The molecule has 6 heteroatoms. The summed E-state index contributed by atoms with van der Waals surface area (Å²) in [6.07, 6.45) is 1.69. The molecule has 0 aliphatic rings. The normalized spacial score (nSPS) is 12.0. The molecule has 0 amide bonds. The average molecular weight is 405 g/mol. The highest BCUT2D eigenvalue weighted by Crippen LogP contribution is 2.34. The van der Waals surface area contributed by atoms with Crippen molar-refractivity contribution in [3.63, 3.8) is 0 Å². The largest absolute Gasteiger partial charge is 0.490 e. The van der Waals surface area contributed by atoms with Crippen molar-refractivity contribution < 1.29 is 19.1 Å². The summed E-state index contributed by atoms with van der Waals surface area (Å²) >= 11 is 0.993. The molecule has 4 rings (SSSR count). The van der Waals surface area contributed by atoms with E-state index < -0.39 is 5.97 Å². The number of hydrogen-bond donors (Lipinski definition) is 1. The molecule has 1 aromatic heterocycles. The molecule has 0 fully saturated rings. The quantitative estimate of drug-likeness (QED) is 0.314. The van der Waals surface area contributed by atoms with E-state index in [9.17, 15) is 9.90 Å². The second-order valence-electron chi connectivity index (χ2n) is 6.73. The summed E-state index contributed by atoms with van der Waals surface area (Å²) < 4.78 is 11.6. The van der Waals surface area contributed by atoms with E-state index in [1.165, 1.54) is 0 Å². The zero-order valence-electron chi connectivity index (χ0n) is 16.0. The highest BCUT2D eigenvalue weighted by molar-refractivity contribution is 8.03. The summed E-state index contributed by atoms with van der Waals surface area (Å²) in [7, 11) is 0. The van der Waals surface area contributed by atoms with Gasteiger partial charge < -0.3 is 14.3 Å². The first kappa shape index (κ1) is 19.1. The van der Waals surface area contributed by atoms with Crippen molar-refractivity contribution in [2.75, 3.05) is 0 Å². The van der Waals surface area contributed by atoms with Crippen LogP contribution in [0.25, 0.3) is 27.9 Å². The Labute approximate surface area is 172 Å². The number of benzene rings is 3. The van der Waals surface area contributed by atoms with Crippen LogP contribution in [0.1, 0.15) is 19.4 Å². The zero-order chi connectivity index (χ0) is 20.4. The van der Waals surface area contributed by atoms with Gasteiger partial charge in [0, 0.05) is 5.39 Å². The number of aromatic nitrogens is 1. The molecule has 0 atom stereocenters. The van der Waals surface area contributed by atoms with Gasteiger partial charge in [0.2, 0.25) is 0 Å². The highest BCUT2D eigenvalue weighted by Gasteiger charge is 2.16. The van der Waals surface area contributed by atoms with Crippen LogP contribution in [0.5, 0.6) is 5.75 Å². The number of fused-ring (bicyclic) bond motifs is 2. The molecule has 0 spiro atoms. The number of hydrogen-bond acceptors (Lipinski definition) is 5. The molecule has 4 aromatic rings. The van der Waals surface area contributed by atoms with Gasteiger partial charge >= 0.3 is 5.97 Å². The molecule has 0 unspecified atom stereocenters. The van der Waals surface area contributed by atoms with Gasteiger partial charge in [0.15, 0.2) is 5.58 Å². The number of thioether (sulfide) groups is 1. The molecule has 3 aromatic carbocycles. The second kappa shape index (κ2) is 8.01. The molecule has 0 saturated heterocycles. The molecule has 0 radical (unpaired) electrons. The number of oxazole rings is 1. The van der Waals surface area contributed by atoms with Crippen LogP contribution in [0.3, 0.4) is 0 Å². The van der Waals surface area contributed by atoms with Gasteiger partial charge in [0.25, 0.3) is 5.22 Å². The minimum absolute atomic E-state index is 0.0455. The predicted octanol–water partition coefficient (Wildman–Crippen LogP) is 5.99. The predicted molar refractivity (Wildman–Crippen MR) is 115 cm³/mol. The van der Waals surface area contributed by atoms with E-state index in [0.717, 1.165) is 33.8 Å². The van der Waals surface area contributed by atoms with Gasteiger partial charge in [-0.1, -0.05) is 42.5 Å². The SMILES string of the molecule is CC(C)Oc1ccc(/C=C(\Sc2nc3ccccc3o2)C(=O)O)c2ccccc12. The lowest BCUT2D eigenvalue weighted by Gasteiger charge is -2.14. The number of ether oxygens (including phenoxy) is 1.